The van der Waals surface area contributed by atoms with E-state index in [1.165, 1.54) is 24.9 Å². The molecule has 1 unspecified atom stereocenters. The highest BCUT2D eigenvalue weighted by molar-refractivity contribution is 6.06. The molecule has 1 atom stereocenters. The Bertz CT molecular complexity index is 535. The molecule has 5 nitrogen and oxygen atoms in total. The van der Waals surface area contributed by atoms with Crippen LogP contribution in [0.25, 0.3) is 0 Å². The SMILES string of the molecule is CC1NC(=O)CN(c2ccc(N3CCCCC3)cc2)C1=O. The first-order valence-electron chi connectivity index (χ1n) is 7.61. The Hall–Kier alpha value is -2.04. The van der Waals surface area contributed by atoms with Crippen LogP contribution in [0.4, 0.5) is 11.4 Å². The molecular formula is C16H21N3O2. The number of carbonyl (C=O) groups excluding carboxylic acids is 2. The maximum atomic E-state index is 12.2. The number of carbonyl (C=O) groups is 2. The van der Waals surface area contributed by atoms with E-state index in [0.29, 0.717) is 0 Å². The molecule has 2 fully saturated rings. The van der Waals surface area contributed by atoms with Crippen LogP contribution in [-0.2, 0) is 9.59 Å². The summed E-state index contributed by atoms with van der Waals surface area (Å²) in [7, 11) is 0. The molecule has 0 saturated carbocycles. The Morgan fingerprint density at radius 2 is 1.62 bits per heavy atom. The monoisotopic (exact) mass is 287 g/mol. The lowest BCUT2D eigenvalue weighted by molar-refractivity contribution is -0.130. The molecule has 1 N–H and O–H groups in total. The largest absolute Gasteiger partial charge is 0.372 e. The van der Waals surface area contributed by atoms with Crippen LogP contribution in [-0.4, -0.2) is 37.5 Å². The number of hydrogen-bond acceptors (Lipinski definition) is 3. The maximum Gasteiger partial charge on any atom is 0.249 e. The van der Waals surface area contributed by atoms with E-state index >= 15 is 0 Å². The van der Waals surface area contributed by atoms with Crippen molar-refractivity contribution in [3.05, 3.63) is 24.3 Å². The van der Waals surface area contributed by atoms with E-state index in [1.54, 1.807) is 11.8 Å². The van der Waals surface area contributed by atoms with Gasteiger partial charge in [0.2, 0.25) is 11.8 Å². The van der Waals surface area contributed by atoms with Gasteiger partial charge in [0.05, 0.1) is 0 Å². The van der Waals surface area contributed by atoms with E-state index in [0.717, 1.165) is 18.8 Å². The summed E-state index contributed by atoms with van der Waals surface area (Å²) >= 11 is 0. The van der Waals surface area contributed by atoms with Gasteiger partial charge < -0.3 is 15.1 Å². The average molecular weight is 287 g/mol. The van der Waals surface area contributed by atoms with Crippen molar-refractivity contribution in [2.45, 2.75) is 32.2 Å². The van der Waals surface area contributed by atoms with Gasteiger partial charge in [-0.1, -0.05) is 0 Å². The molecule has 0 spiro atoms. The molecule has 3 rings (SSSR count). The number of amides is 2. The smallest absolute Gasteiger partial charge is 0.249 e. The highest BCUT2D eigenvalue weighted by atomic mass is 16.2. The third-order valence-corrected chi connectivity index (χ3v) is 4.20. The second-order valence-electron chi connectivity index (χ2n) is 5.78. The Labute approximate surface area is 124 Å². The van der Waals surface area contributed by atoms with Gasteiger partial charge in [0.25, 0.3) is 0 Å². The second kappa shape index (κ2) is 5.76. The first kappa shape index (κ1) is 13.9. The number of benzene rings is 1. The fourth-order valence-corrected chi connectivity index (χ4v) is 3.02. The van der Waals surface area contributed by atoms with Crippen molar-refractivity contribution in [2.24, 2.45) is 0 Å². The molecule has 2 heterocycles. The summed E-state index contributed by atoms with van der Waals surface area (Å²) in [5.41, 5.74) is 1.99. The lowest BCUT2D eigenvalue weighted by atomic mass is 10.1. The molecule has 1 aromatic carbocycles. The molecule has 112 valence electrons. The third kappa shape index (κ3) is 2.86. The predicted molar refractivity (Wildman–Crippen MR) is 82.5 cm³/mol. The van der Waals surface area contributed by atoms with Gasteiger partial charge in [-0.15, -0.1) is 0 Å². The lowest BCUT2D eigenvalue weighted by Gasteiger charge is -2.32. The van der Waals surface area contributed by atoms with Crippen LogP contribution in [0.2, 0.25) is 0 Å². The van der Waals surface area contributed by atoms with Crippen LogP contribution in [0.15, 0.2) is 24.3 Å². The van der Waals surface area contributed by atoms with Crippen molar-refractivity contribution in [3.8, 4) is 0 Å². The number of piperidine rings is 1. The minimum absolute atomic E-state index is 0.0553. The quantitative estimate of drug-likeness (QED) is 0.897. The summed E-state index contributed by atoms with van der Waals surface area (Å²) in [6, 6.07) is 7.52. The van der Waals surface area contributed by atoms with Crippen LogP contribution in [0.5, 0.6) is 0 Å². The number of hydrogen-bond donors (Lipinski definition) is 1. The van der Waals surface area contributed by atoms with E-state index < -0.39 is 6.04 Å². The van der Waals surface area contributed by atoms with Crippen molar-refractivity contribution in [1.82, 2.24) is 5.32 Å². The molecule has 21 heavy (non-hydrogen) atoms. The first-order valence-corrected chi connectivity index (χ1v) is 7.61. The van der Waals surface area contributed by atoms with Crippen LogP contribution in [0.3, 0.4) is 0 Å². The first-order chi connectivity index (χ1) is 10.1. The molecule has 0 aliphatic carbocycles. The minimum Gasteiger partial charge on any atom is -0.372 e. The normalized spacial score (nSPS) is 23.2. The zero-order valence-electron chi connectivity index (χ0n) is 12.3. The number of nitrogens with one attached hydrogen (secondary N) is 1. The van der Waals surface area contributed by atoms with Gasteiger partial charge in [-0.2, -0.15) is 0 Å². The van der Waals surface area contributed by atoms with Gasteiger partial charge in [-0.25, -0.2) is 0 Å². The Kier molecular flexibility index (Phi) is 3.82. The van der Waals surface area contributed by atoms with Gasteiger partial charge in [0, 0.05) is 24.5 Å². The zero-order valence-corrected chi connectivity index (χ0v) is 12.3. The summed E-state index contributed by atoms with van der Waals surface area (Å²) in [5.74, 6) is -0.164. The lowest BCUT2D eigenvalue weighted by Crippen LogP contribution is -2.57. The van der Waals surface area contributed by atoms with E-state index in [-0.39, 0.29) is 18.4 Å². The zero-order chi connectivity index (χ0) is 14.8. The third-order valence-electron chi connectivity index (χ3n) is 4.20. The van der Waals surface area contributed by atoms with Gasteiger partial charge in [0.1, 0.15) is 12.6 Å². The summed E-state index contributed by atoms with van der Waals surface area (Å²) < 4.78 is 0. The number of piperazine rings is 1. The number of nitrogens with zero attached hydrogens (tertiary/aromatic N) is 2. The van der Waals surface area contributed by atoms with Crippen molar-refractivity contribution in [1.29, 1.82) is 0 Å². The summed E-state index contributed by atoms with van der Waals surface area (Å²) in [6.45, 7) is 4.02. The molecule has 1 aromatic rings. The predicted octanol–water partition coefficient (Wildman–Crippen LogP) is 1.53. The maximum absolute atomic E-state index is 12.2. The number of anilines is 2. The van der Waals surface area contributed by atoms with E-state index in [1.807, 2.05) is 24.3 Å². The van der Waals surface area contributed by atoms with Crippen LogP contribution < -0.4 is 15.1 Å². The van der Waals surface area contributed by atoms with E-state index in [9.17, 15) is 9.59 Å². The van der Waals surface area contributed by atoms with Crippen molar-refractivity contribution in [2.75, 3.05) is 29.4 Å². The molecular weight excluding hydrogens is 266 g/mol. The van der Waals surface area contributed by atoms with Crippen LogP contribution in [0, 0.1) is 0 Å². The van der Waals surface area contributed by atoms with Gasteiger partial charge in [-0.05, 0) is 50.5 Å². The summed E-state index contributed by atoms with van der Waals surface area (Å²) in [5, 5.41) is 2.65. The summed E-state index contributed by atoms with van der Waals surface area (Å²) in [6.07, 6.45) is 3.79. The molecule has 2 saturated heterocycles. The van der Waals surface area contributed by atoms with Crippen molar-refractivity contribution < 1.29 is 9.59 Å². The van der Waals surface area contributed by atoms with Gasteiger partial charge in [-0.3, -0.25) is 9.59 Å². The summed E-state index contributed by atoms with van der Waals surface area (Å²) in [4.78, 5) is 27.7. The molecule has 0 radical (unpaired) electrons. The molecule has 2 aliphatic heterocycles. The van der Waals surface area contributed by atoms with Gasteiger partial charge >= 0.3 is 0 Å². The Morgan fingerprint density at radius 1 is 1.00 bits per heavy atom. The Morgan fingerprint density at radius 3 is 2.29 bits per heavy atom. The molecule has 2 aliphatic rings. The highest BCUT2D eigenvalue weighted by Gasteiger charge is 2.30. The fraction of sp³-hybridized carbons (Fsp3) is 0.500. The molecule has 0 bridgehead atoms. The van der Waals surface area contributed by atoms with E-state index in [4.69, 9.17) is 0 Å². The van der Waals surface area contributed by atoms with Crippen LogP contribution in [0.1, 0.15) is 26.2 Å². The van der Waals surface area contributed by atoms with E-state index in [2.05, 4.69) is 10.2 Å². The van der Waals surface area contributed by atoms with Crippen LogP contribution >= 0.6 is 0 Å². The minimum atomic E-state index is -0.451. The Balaban J connectivity index is 1.76. The highest BCUT2D eigenvalue weighted by Crippen LogP contribution is 2.24. The average Bonchev–Trinajstić information content (AvgIpc) is 2.52. The molecule has 0 aromatic heterocycles. The topological polar surface area (TPSA) is 52.7 Å². The van der Waals surface area contributed by atoms with Gasteiger partial charge in [0.15, 0.2) is 0 Å². The standard InChI is InChI=1S/C16H21N3O2/c1-12-16(21)19(11-15(20)17-12)14-7-5-13(6-8-14)18-9-3-2-4-10-18/h5-8,12H,2-4,9-11H2,1H3,(H,17,20). The van der Waals surface area contributed by atoms with Crippen molar-refractivity contribution in [3.63, 3.8) is 0 Å². The number of rotatable bonds is 2. The second-order valence-corrected chi connectivity index (χ2v) is 5.78. The molecule has 2 amide bonds. The van der Waals surface area contributed by atoms with Crippen molar-refractivity contribution >= 4 is 23.2 Å². The molecule has 5 heteroatoms. The fourth-order valence-electron chi connectivity index (χ4n) is 3.02.